The Bertz CT molecular complexity index is 438. The molecule has 0 radical (unpaired) electrons. The number of allylic oxidation sites excluding steroid dienone is 2. The molecule has 0 aromatic rings. The second kappa shape index (κ2) is 9.43. The highest BCUT2D eigenvalue weighted by molar-refractivity contribution is 8.79. The minimum absolute atomic E-state index is 0.00991. The molecule has 0 saturated carbocycles. The van der Waals surface area contributed by atoms with E-state index in [9.17, 15) is 5.11 Å². The van der Waals surface area contributed by atoms with E-state index in [1.54, 1.807) is 21.6 Å². The molecule has 0 aromatic carbocycles. The number of rotatable bonds is 9. The van der Waals surface area contributed by atoms with Crippen molar-refractivity contribution in [1.29, 1.82) is 0 Å². The lowest BCUT2D eigenvalue weighted by Crippen LogP contribution is -2.24. The van der Waals surface area contributed by atoms with E-state index in [2.05, 4.69) is 0 Å². The zero-order valence-electron chi connectivity index (χ0n) is 13.4. The molecular weight excluding hydrogens is 340 g/mol. The molecule has 2 unspecified atom stereocenters. The summed E-state index contributed by atoms with van der Waals surface area (Å²) in [5.41, 5.74) is 0. The van der Waals surface area contributed by atoms with Gasteiger partial charge in [0.05, 0.1) is 39.6 Å². The molecule has 0 bridgehead atoms. The maximum atomic E-state index is 9.19. The molecular formula is C15H24O6S2. The van der Waals surface area contributed by atoms with E-state index in [0.29, 0.717) is 26.4 Å². The predicted molar refractivity (Wildman–Crippen MR) is 91.0 cm³/mol. The van der Waals surface area contributed by atoms with Crippen LogP contribution in [-0.2, 0) is 18.9 Å². The van der Waals surface area contributed by atoms with E-state index in [-0.39, 0.29) is 19.3 Å². The van der Waals surface area contributed by atoms with Crippen LogP contribution in [0, 0.1) is 0 Å². The number of aliphatic hydroxyl groups is 2. The number of hydrogen-bond donors (Lipinski definition) is 2. The summed E-state index contributed by atoms with van der Waals surface area (Å²) in [4.78, 5) is 2.20. The fourth-order valence-corrected chi connectivity index (χ4v) is 3.97. The van der Waals surface area contributed by atoms with Gasteiger partial charge in [-0.1, -0.05) is 21.6 Å². The van der Waals surface area contributed by atoms with Crippen LogP contribution >= 0.6 is 21.6 Å². The van der Waals surface area contributed by atoms with Gasteiger partial charge in [-0.05, 0) is 26.0 Å². The molecule has 0 aliphatic carbocycles. The third-order valence-corrected chi connectivity index (χ3v) is 5.65. The average Bonchev–Trinajstić information content (AvgIpc) is 2.88. The Kier molecular flexibility index (Phi) is 7.90. The first-order valence-electron chi connectivity index (χ1n) is 7.49. The maximum Gasteiger partial charge on any atom is 0.163 e. The van der Waals surface area contributed by atoms with Gasteiger partial charge in [0.1, 0.15) is 12.2 Å². The second-order valence-electron chi connectivity index (χ2n) is 5.75. The Balaban J connectivity index is 1.62. The first-order chi connectivity index (χ1) is 11.0. The predicted octanol–water partition coefficient (Wildman–Crippen LogP) is 1.69. The van der Waals surface area contributed by atoms with Gasteiger partial charge in [-0.15, -0.1) is 0 Å². The summed E-state index contributed by atoms with van der Waals surface area (Å²) < 4.78 is 22.2. The van der Waals surface area contributed by atoms with Crippen molar-refractivity contribution in [3.63, 3.8) is 0 Å². The van der Waals surface area contributed by atoms with E-state index in [1.807, 2.05) is 26.0 Å². The van der Waals surface area contributed by atoms with E-state index in [0.717, 1.165) is 9.81 Å². The zero-order chi connectivity index (χ0) is 16.7. The van der Waals surface area contributed by atoms with Crippen molar-refractivity contribution >= 4 is 21.6 Å². The van der Waals surface area contributed by atoms with E-state index < -0.39 is 11.9 Å². The fourth-order valence-electron chi connectivity index (χ4n) is 1.98. The Hall–Kier alpha value is -0.0600. The lowest BCUT2D eigenvalue weighted by molar-refractivity contribution is -0.144. The van der Waals surface area contributed by atoms with Gasteiger partial charge in [-0.25, -0.2) is 0 Å². The molecule has 0 aromatic heterocycles. The van der Waals surface area contributed by atoms with Gasteiger partial charge < -0.3 is 29.2 Å². The highest BCUT2D eigenvalue weighted by atomic mass is 33.1. The van der Waals surface area contributed by atoms with Crippen LogP contribution in [0.2, 0.25) is 0 Å². The number of hydrogen-bond acceptors (Lipinski definition) is 8. The fraction of sp³-hybridized carbons (Fsp3) is 0.733. The third kappa shape index (κ3) is 7.15. The summed E-state index contributed by atoms with van der Waals surface area (Å²) in [5, 5.41) is 17.9. The minimum Gasteiger partial charge on any atom is -0.394 e. The summed E-state index contributed by atoms with van der Waals surface area (Å²) in [5.74, 6) is -0.510. The SMILES string of the molecule is CC1(C)OCC(COCC2=CC=C(COCC(O)CO)SS2)O1. The molecule has 0 amide bonds. The summed E-state index contributed by atoms with van der Waals surface area (Å²) in [6.45, 7) is 5.72. The lowest BCUT2D eigenvalue weighted by Gasteiger charge is -2.18. The van der Waals surface area contributed by atoms with Gasteiger partial charge in [0.15, 0.2) is 5.79 Å². The Morgan fingerprint density at radius 3 is 2.43 bits per heavy atom. The summed E-state index contributed by atoms with van der Waals surface area (Å²) >= 11 is 0. The van der Waals surface area contributed by atoms with E-state index in [4.69, 9.17) is 24.1 Å². The van der Waals surface area contributed by atoms with Crippen molar-refractivity contribution in [2.75, 3.05) is 39.6 Å². The van der Waals surface area contributed by atoms with Gasteiger partial charge in [-0.2, -0.15) is 0 Å². The van der Waals surface area contributed by atoms with Crippen LogP contribution in [0.3, 0.4) is 0 Å². The molecule has 2 heterocycles. The Morgan fingerprint density at radius 2 is 1.91 bits per heavy atom. The molecule has 2 rings (SSSR count). The molecule has 2 aliphatic heterocycles. The van der Waals surface area contributed by atoms with Crippen LogP contribution in [0.25, 0.3) is 0 Å². The minimum atomic E-state index is -0.817. The Labute approximate surface area is 144 Å². The molecule has 2 atom stereocenters. The highest BCUT2D eigenvalue weighted by Gasteiger charge is 2.32. The molecule has 6 nitrogen and oxygen atoms in total. The van der Waals surface area contributed by atoms with Gasteiger partial charge in [0.25, 0.3) is 0 Å². The summed E-state index contributed by atoms with van der Waals surface area (Å²) in [6.07, 6.45) is 3.18. The standard InChI is InChI=1S/C15H24O6S2/c1-15(2)20-8-12(21-15)7-19-10-14-4-3-13(22-23-14)9-18-6-11(17)5-16/h3-4,11-12,16-17H,5-10H2,1-2H3. The second-order valence-corrected chi connectivity index (χ2v) is 8.13. The van der Waals surface area contributed by atoms with Crippen LogP contribution in [0.5, 0.6) is 0 Å². The van der Waals surface area contributed by atoms with Crippen LogP contribution in [0.1, 0.15) is 13.8 Å². The molecule has 2 N–H and O–H groups in total. The van der Waals surface area contributed by atoms with Crippen molar-refractivity contribution in [1.82, 2.24) is 0 Å². The maximum absolute atomic E-state index is 9.19. The molecule has 2 aliphatic rings. The van der Waals surface area contributed by atoms with Crippen molar-refractivity contribution in [2.24, 2.45) is 0 Å². The smallest absolute Gasteiger partial charge is 0.163 e. The monoisotopic (exact) mass is 364 g/mol. The van der Waals surface area contributed by atoms with Crippen LogP contribution in [-0.4, -0.2) is 67.8 Å². The first-order valence-corrected chi connectivity index (χ1v) is 9.64. The quantitative estimate of drug-likeness (QED) is 0.599. The molecule has 23 heavy (non-hydrogen) atoms. The summed E-state index contributed by atoms with van der Waals surface area (Å²) in [7, 11) is 3.26. The first kappa shape index (κ1) is 19.3. The molecule has 8 heteroatoms. The topological polar surface area (TPSA) is 77.4 Å². The van der Waals surface area contributed by atoms with E-state index in [1.165, 1.54) is 0 Å². The normalized spacial score (nSPS) is 25.1. The zero-order valence-corrected chi connectivity index (χ0v) is 15.0. The Morgan fingerprint density at radius 1 is 1.26 bits per heavy atom. The van der Waals surface area contributed by atoms with Gasteiger partial charge in [0.2, 0.25) is 0 Å². The van der Waals surface area contributed by atoms with Crippen LogP contribution in [0.4, 0.5) is 0 Å². The molecule has 1 saturated heterocycles. The van der Waals surface area contributed by atoms with Crippen LogP contribution < -0.4 is 0 Å². The lowest BCUT2D eigenvalue weighted by atomic mass is 10.4. The average molecular weight is 364 g/mol. The van der Waals surface area contributed by atoms with Crippen molar-refractivity contribution in [2.45, 2.75) is 31.8 Å². The molecule has 1 fully saturated rings. The van der Waals surface area contributed by atoms with Crippen molar-refractivity contribution in [3.8, 4) is 0 Å². The molecule has 0 spiro atoms. The van der Waals surface area contributed by atoms with Crippen molar-refractivity contribution in [3.05, 3.63) is 22.0 Å². The summed E-state index contributed by atoms with van der Waals surface area (Å²) in [6, 6.07) is 0. The number of ether oxygens (including phenoxy) is 4. The number of aliphatic hydroxyl groups excluding tert-OH is 2. The van der Waals surface area contributed by atoms with Gasteiger partial charge in [-0.3, -0.25) is 0 Å². The van der Waals surface area contributed by atoms with Gasteiger partial charge in [0, 0.05) is 9.81 Å². The molecule has 132 valence electrons. The van der Waals surface area contributed by atoms with Crippen LogP contribution in [0.15, 0.2) is 22.0 Å². The highest BCUT2D eigenvalue weighted by Crippen LogP contribution is 2.40. The van der Waals surface area contributed by atoms with Crippen molar-refractivity contribution < 1.29 is 29.2 Å². The van der Waals surface area contributed by atoms with E-state index >= 15 is 0 Å². The largest absolute Gasteiger partial charge is 0.394 e. The third-order valence-electron chi connectivity index (χ3n) is 3.09. The van der Waals surface area contributed by atoms with Gasteiger partial charge >= 0.3 is 0 Å².